The van der Waals surface area contributed by atoms with Crippen molar-refractivity contribution >= 4 is 38.4 Å². The number of benzene rings is 1. The molecule has 0 aliphatic carbocycles. The quantitative estimate of drug-likeness (QED) is 0.443. The van der Waals surface area contributed by atoms with Crippen LogP contribution >= 0.6 is 11.3 Å². The van der Waals surface area contributed by atoms with Crippen molar-refractivity contribution in [3.05, 3.63) is 75.8 Å². The normalized spacial score (nSPS) is 15.1. The number of para-hydroxylation sites is 1. The monoisotopic (exact) mass is 444 g/mol. The van der Waals surface area contributed by atoms with E-state index in [-0.39, 0.29) is 11.5 Å². The Bertz CT molecular complexity index is 1500. The average Bonchev–Trinajstić information content (AvgIpc) is 3.58. The van der Waals surface area contributed by atoms with Gasteiger partial charge in [-0.1, -0.05) is 18.2 Å². The van der Waals surface area contributed by atoms with Crippen LogP contribution in [0.25, 0.3) is 27.1 Å². The lowest BCUT2D eigenvalue weighted by atomic mass is 9.89. The van der Waals surface area contributed by atoms with Gasteiger partial charge in [0.25, 0.3) is 11.5 Å². The summed E-state index contributed by atoms with van der Waals surface area (Å²) in [4.78, 5) is 38.4. The standard InChI is InChI=1S/C23H20N6O2S/c30-20-17-7-10-32-21(17)27-23(26-20)29-13-15(11-25-29)22(31)28-8-5-14(6-9-28)18-12-24-19-4-2-1-3-16(18)19/h1-4,7,10-14,24H,5-6,8-9H2,(H,26,27,30). The van der Waals surface area contributed by atoms with Gasteiger partial charge in [0.05, 0.1) is 17.1 Å². The van der Waals surface area contributed by atoms with Crippen LogP contribution in [0.1, 0.15) is 34.7 Å². The minimum absolute atomic E-state index is 0.0480. The van der Waals surface area contributed by atoms with Crippen LogP contribution in [0.15, 0.2) is 59.1 Å². The molecule has 32 heavy (non-hydrogen) atoms. The van der Waals surface area contributed by atoms with E-state index in [2.05, 4.69) is 44.4 Å². The third kappa shape index (κ3) is 3.13. The van der Waals surface area contributed by atoms with Crippen LogP contribution in [0.2, 0.25) is 0 Å². The second-order valence-corrected chi connectivity index (χ2v) is 8.95. The van der Waals surface area contributed by atoms with Gasteiger partial charge in [-0.2, -0.15) is 5.10 Å². The average molecular weight is 445 g/mol. The van der Waals surface area contributed by atoms with Crippen molar-refractivity contribution in [1.82, 2.24) is 29.6 Å². The van der Waals surface area contributed by atoms with Crippen molar-refractivity contribution in [3.63, 3.8) is 0 Å². The highest BCUT2D eigenvalue weighted by molar-refractivity contribution is 7.16. The van der Waals surface area contributed by atoms with E-state index in [4.69, 9.17) is 0 Å². The van der Waals surface area contributed by atoms with Crippen LogP contribution in [0, 0.1) is 0 Å². The van der Waals surface area contributed by atoms with Crippen LogP contribution in [0.3, 0.4) is 0 Å². The highest BCUT2D eigenvalue weighted by Gasteiger charge is 2.27. The number of fused-ring (bicyclic) bond motifs is 2. The molecule has 0 spiro atoms. The number of amides is 1. The largest absolute Gasteiger partial charge is 0.361 e. The van der Waals surface area contributed by atoms with E-state index in [1.807, 2.05) is 16.3 Å². The fourth-order valence-electron chi connectivity index (χ4n) is 4.52. The SMILES string of the molecule is O=C(c1cnn(-c2nc3sccc3c(=O)[nH]2)c1)N1CCC(c2c[nH]c3ccccc23)CC1. The van der Waals surface area contributed by atoms with Gasteiger partial charge in [-0.25, -0.2) is 9.67 Å². The third-order valence-electron chi connectivity index (χ3n) is 6.21. The number of nitrogens with one attached hydrogen (secondary N) is 2. The summed E-state index contributed by atoms with van der Waals surface area (Å²) in [5.41, 5.74) is 2.76. The summed E-state index contributed by atoms with van der Waals surface area (Å²) in [7, 11) is 0. The van der Waals surface area contributed by atoms with E-state index >= 15 is 0 Å². The molecule has 4 aromatic heterocycles. The fourth-order valence-corrected chi connectivity index (χ4v) is 5.28. The Morgan fingerprint density at radius 2 is 1.97 bits per heavy atom. The molecule has 1 aliphatic heterocycles. The van der Waals surface area contributed by atoms with Crippen LogP contribution in [-0.4, -0.2) is 48.6 Å². The molecule has 6 rings (SSSR count). The predicted molar refractivity (Wildman–Crippen MR) is 124 cm³/mol. The second kappa shape index (κ2) is 7.45. The maximum absolute atomic E-state index is 13.1. The van der Waals surface area contributed by atoms with E-state index in [0.717, 1.165) is 18.4 Å². The number of hydrogen-bond acceptors (Lipinski definition) is 5. The summed E-state index contributed by atoms with van der Waals surface area (Å²) in [5, 5.41) is 7.91. The van der Waals surface area contributed by atoms with Crippen LogP contribution < -0.4 is 5.56 Å². The molecule has 2 N–H and O–H groups in total. The third-order valence-corrected chi connectivity index (χ3v) is 7.02. The number of thiophene rings is 1. The van der Waals surface area contributed by atoms with E-state index in [1.165, 1.54) is 33.2 Å². The Hall–Kier alpha value is -3.72. The maximum atomic E-state index is 13.1. The molecule has 5 aromatic rings. The Morgan fingerprint density at radius 1 is 1.12 bits per heavy atom. The maximum Gasteiger partial charge on any atom is 0.261 e. The summed E-state index contributed by atoms with van der Waals surface area (Å²) in [6.45, 7) is 1.40. The van der Waals surface area contributed by atoms with Crippen LogP contribution in [-0.2, 0) is 0 Å². The highest BCUT2D eigenvalue weighted by atomic mass is 32.1. The van der Waals surface area contributed by atoms with Gasteiger partial charge >= 0.3 is 0 Å². The first-order valence-electron chi connectivity index (χ1n) is 10.6. The number of carbonyl (C=O) groups excluding carboxylic acids is 1. The molecule has 1 aromatic carbocycles. The zero-order valence-corrected chi connectivity index (χ0v) is 17.9. The summed E-state index contributed by atoms with van der Waals surface area (Å²) >= 11 is 1.40. The van der Waals surface area contributed by atoms with Gasteiger partial charge in [0.1, 0.15) is 4.83 Å². The highest BCUT2D eigenvalue weighted by Crippen LogP contribution is 2.33. The molecular formula is C23H20N6O2S. The number of H-pyrrole nitrogens is 2. The van der Waals surface area contributed by atoms with Crippen molar-refractivity contribution in [1.29, 1.82) is 0 Å². The van der Waals surface area contributed by atoms with Crippen LogP contribution in [0.5, 0.6) is 0 Å². The molecule has 1 saturated heterocycles. The molecule has 0 saturated carbocycles. The number of hydrogen-bond donors (Lipinski definition) is 2. The molecule has 1 aliphatic rings. The molecule has 9 heteroatoms. The van der Waals surface area contributed by atoms with Crippen molar-refractivity contribution in [2.75, 3.05) is 13.1 Å². The summed E-state index contributed by atoms with van der Waals surface area (Å²) in [6.07, 6.45) is 7.12. The smallest absolute Gasteiger partial charge is 0.261 e. The van der Waals surface area contributed by atoms with Crippen molar-refractivity contribution in [2.45, 2.75) is 18.8 Å². The van der Waals surface area contributed by atoms with Crippen molar-refractivity contribution in [2.24, 2.45) is 0 Å². The van der Waals surface area contributed by atoms with E-state index < -0.39 is 0 Å². The molecule has 0 bridgehead atoms. The lowest BCUT2D eigenvalue weighted by Crippen LogP contribution is -2.37. The molecule has 5 heterocycles. The van der Waals surface area contributed by atoms with Gasteiger partial charge in [0, 0.05) is 36.4 Å². The minimum Gasteiger partial charge on any atom is -0.361 e. The predicted octanol–water partition coefficient (Wildman–Crippen LogP) is 3.67. The Kier molecular flexibility index (Phi) is 4.43. The molecule has 1 fully saturated rings. The minimum atomic E-state index is -0.214. The van der Waals surface area contributed by atoms with Crippen molar-refractivity contribution < 1.29 is 4.79 Å². The van der Waals surface area contributed by atoms with Gasteiger partial charge in [0.15, 0.2) is 0 Å². The topological polar surface area (TPSA) is 99.7 Å². The fraction of sp³-hybridized carbons (Fsp3) is 0.217. The van der Waals surface area contributed by atoms with Crippen molar-refractivity contribution in [3.8, 4) is 5.95 Å². The summed E-state index contributed by atoms with van der Waals surface area (Å²) < 4.78 is 1.45. The molecule has 0 radical (unpaired) electrons. The Morgan fingerprint density at radius 3 is 2.84 bits per heavy atom. The molecule has 8 nitrogen and oxygen atoms in total. The van der Waals surface area contributed by atoms with Gasteiger partial charge < -0.3 is 9.88 Å². The number of nitrogens with zero attached hydrogens (tertiary/aromatic N) is 4. The number of aromatic amines is 2. The lowest BCUT2D eigenvalue weighted by Gasteiger charge is -2.31. The molecule has 1 amide bonds. The first-order chi connectivity index (χ1) is 15.7. The molecule has 0 atom stereocenters. The number of piperidine rings is 1. The van der Waals surface area contributed by atoms with E-state index in [9.17, 15) is 9.59 Å². The van der Waals surface area contributed by atoms with Crippen LogP contribution in [0.4, 0.5) is 0 Å². The number of carbonyl (C=O) groups is 1. The molecule has 160 valence electrons. The zero-order chi connectivity index (χ0) is 21.7. The number of rotatable bonds is 3. The van der Waals surface area contributed by atoms with Gasteiger partial charge in [-0.15, -0.1) is 11.3 Å². The molecule has 0 unspecified atom stereocenters. The molecular weight excluding hydrogens is 424 g/mol. The first kappa shape index (κ1) is 19.0. The Labute approximate surface area is 186 Å². The zero-order valence-electron chi connectivity index (χ0n) is 17.1. The van der Waals surface area contributed by atoms with E-state index in [1.54, 1.807) is 12.3 Å². The number of aromatic nitrogens is 5. The van der Waals surface area contributed by atoms with Gasteiger partial charge in [-0.3, -0.25) is 14.6 Å². The summed E-state index contributed by atoms with van der Waals surface area (Å²) in [5.74, 6) is 0.694. The van der Waals surface area contributed by atoms with Gasteiger partial charge in [-0.05, 0) is 41.8 Å². The second-order valence-electron chi connectivity index (χ2n) is 8.06. The Balaban J connectivity index is 1.18. The van der Waals surface area contributed by atoms with Gasteiger partial charge in [0.2, 0.25) is 5.95 Å². The number of likely N-dealkylation sites (tertiary alicyclic amines) is 1. The van der Waals surface area contributed by atoms with E-state index in [0.29, 0.717) is 40.7 Å². The first-order valence-corrected chi connectivity index (χ1v) is 11.4. The lowest BCUT2D eigenvalue weighted by molar-refractivity contribution is 0.0713. The summed E-state index contributed by atoms with van der Waals surface area (Å²) in [6, 6.07) is 10.1.